The van der Waals surface area contributed by atoms with Crippen molar-refractivity contribution in [3.8, 4) is 0 Å². The fourth-order valence-electron chi connectivity index (χ4n) is 3.43. The lowest BCUT2D eigenvalue weighted by molar-refractivity contribution is -0.139. The van der Waals surface area contributed by atoms with Crippen LogP contribution >= 0.6 is 35.0 Å². The van der Waals surface area contributed by atoms with Crippen molar-refractivity contribution < 1.29 is 14.7 Å². The Morgan fingerprint density at radius 1 is 1.29 bits per heavy atom. The van der Waals surface area contributed by atoms with Gasteiger partial charge in [0.2, 0.25) is 5.91 Å². The second-order valence-corrected chi connectivity index (χ2v) is 8.40. The molecule has 0 aromatic heterocycles. The number of rotatable bonds is 5. The number of amides is 1. The maximum absolute atomic E-state index is 12.3. The summed E-state index contributed by atoms with van der Waals surface area (Å²) in [6, 6.07) is 5.38. The van der Waals surface area contributed by atoms with Crippen molar-refractivity contribution in [1.29, 1.82) is 0 Å². The smallest absolute Gasteiger partial charge is 0.307 e. The number of hydrogen-bond acceptors (Lipinski definition) is 3. The van der Waals surface area contributed by atoms with Crippen molar-refractivity contribution in [3.63, 3.8) is 0 Å². The number of likely N-dealkylation sites (tertiary alicyclic amines) is 1. The molecule has 1 aromatic rings. The van der Waals surface area contributed by atoms with Crippen LogP contribution in [0.2, 0.25) is 10.0 Å². The van der Waals surface area contributed by atoms with Gasteiger partial charge >= 0.3 is 5.97 Å². The first-order valence-electron chi connectivity index (χ1n) is 7.93. The normalized spacial score (nSPS) is 21.8. The predicted octanol–water partition coefficient (Wildman–Crippen LogP) is 3.94. The summed E-state index contributed by atoms with van der Waals surface area (Å²) in [6.07, 6.45) is 2.39. The van der Waals surface area contributed by atoms with Crippen LogP contribution in [-0.4, -0.2) is 40.7 Å². The number of hydrogen-bond donors (Lipinski definition) is 1. The van der Waals surface area contributed by atoms with E-state index in [1.54, 1.807) is 12.1 Å². The van der Waals surface area contributed by atoms with Crippen LogP contribution in [0.3, 0.4) is 0 Å². The number of carboxylic acids is 1. The Hall–Kier alpha value is -0.910. The zero-order valence-corrected chi connectivity index (χ0v) is 15.5. The van der Waals surface area contributed by atoms with E-state index in [0.29, 0.717) is 34.6 Å². The van der Waals surface area contributed by atoms with Crippen LogP contribution in [0, 0.1) is 11.3 Å². The van der Waals surface area contributed by atoms with Crippen LogP contribution < -0.4 is 0 Å². The molecule has 1 spiro atoms. The first-order chi connectivity index (χ1) is 11.4. The Morgan fingerprint density at radius 2 is 2.00 bits per heavy atom. The van der Waals surface area contributed by atoms with E-state index in [9.17, 15) is 9.59 Å². The van der Waals surface area contributed by atoms with Gasteiger partial charge in [0.05, 0.1) is 11.7 Å². The van der Waals surface area contributed by atoms with Gasteiger partial charge in [0.1, 0.15) is 0 Å². The molecule has 0 bridgehead atoms. The Morgan fingerprint density at radius 3 is 2.58 bits per heavy atom. The van der Waals surface area contributed by atoms with Crippen molar-refractivity contribution in [2.24, 2.45) is 11.3 Å². The Kier molecular flexibility index (Phi) is 5.33. The average molecular weight is 388 g/mol. The zero-order chi connectivity index (χ0) is 17.3. The van der Waals surface area contributed by atoms with Gasteiger partial charge in [-0.2, -0.15) is 0 Å². The van der Waals surface area contributed by atoms with Gasteiger partial charge < -0.3 is 10.0 Å². The number of carboxylic acid groups (broad SMARTS) is 1. The molecule has 1 heterocycles. The van der Waals surface area contributed by atoms with Gasteiger partial charge in [-0.25, -0.2) is 0 Å². The first kappa shape index (κ1) is 17.9. The van der Waals surface area contributed by atoms with Gasteiger partial charge in [-0.15, -0.1) is 11.8 Å². The molecule has 2 fully saturated rings. The highest BCUT2D eigenvalue weighted by molar-refractivity contribution is 7.99. The highest BCUT2D eigenvalue weighted by Gasteiger charge is 2.59. The van der Waals surface area contributed by atoms with E-state index in [-0.39, 0.29) is 17.2 Å². The van der Waals surface area contributed by atoms with Crippen molar-refractivity contribution >= 4 is 46.8 Å². The van der Waals surface area contributed by atoms with Crippen LogP contribution in [0.5, 0.6) is 0 Å². The fraction of sp³-hybridized carbons (Fsp3) is 0.529. The van der Waals surface area contributed by atoms with Gasteiger partial charge in [0.25, 0.3) is 0 Å². The third-order valence-corrected chi connectivity index (χ3v) is 6.65. The number of carbonyl (C=O) groups excluding carboxylic acids is 1. The van der Waals surface area contributed by atoms with E-state index < -0.39 is 5.97 Å². The Labute approximate surface area is 155 Å². The number of carbonyl (C=O) groups is 2. The van der Waals surface area contributed by atoms with Crippen LogP contribution in [0.1, 0.15) is 24.8 Å². The minimum absolute atomic E-state index is 0.0351. The topological polar surface area (TPSA) is 57.6 Å². The minimum Gasteiger partial charge on any atom is -0.481 e. The largest absolute Gasteiger partial charge is 0.481 e. The monoisotopic (exact) mass is 387 g/mol. The van der Waals surface area contributed by atoms with E-state index in [4.69, 9.17) is 28.3 Å². The van der Waals surface area contributed by atoms with E-state index in [1.807, 2.05) is 11.0 Å². The van der Waals surface area contributed by atoms with Crippen molar-refractivity contribution in [2.75, 3.05) is 18.8 Å². The van der Waals surface area contributed by atoms with Crippen molar-refractivity contribution in [1.82, 2.24) is 4.90 Å². The average Bonchev–Trinajstić information content (AvgIpc) is 3.24. The predicted molar refractivity (Wildman–Crippen MR) is 96.6 cm³/mol. The SMILES string of the molecule is O=C(O)C1CC12CCN(C(=O)CSCc1ccc(Cl)cc1Cl)CC2. The molecule has 1 aliphatic carbocycles. The summed E-state index contributed by atoms with van der Waals surface area (Å²) in [5.74, 6) is 0.309. The molecule has 1 aliphatic heterocycles. The van der Waals surface area contributed by atoms with Crippen LogP contribution in [-0.2, 0) is 15.3 Å². The van der Waals surface area contributed by atoms with Crippen LogP contribution in [0.4, 0.5) is 0 Å². The summed E-state index contributed by atoms with van der Waals surface area (Å²) in [4.78, 5) is 25.2. The number of benzene rings is 1. The van der Waals surface area contributed by atoms with Gasteiger partial charge in [0, 0.05) is 28.9 Å². The van der Waals surface area contributed by atoms with Crippen LogP contribution in [0.25, 0.3) is 0 Å². The maximum Gasteiger partial charge on any atom is 0.307 e. The molecule has 7 heteroatoms. The molecule has 24 heavy (non-hydrogen) atoms. The van der Waals surface area contributed by atoms with Gasteiger partial charge in [-0.3, -0.25) is 9.59 Å². The number of thioether (sulfide) groups is 1. The molecule has 130 valence electrons. The lowest BCUT2D eigenvalue weighted by atomic mass is 9.91. The number of aliphatic carboxylic acids is 1. The summed E-state index contributed by atoms with van der Waals surface area (Å²) >= 11 is 13.5. The lowest BCUT2D eigenvalue weighted by Crippen LogP contribution is -2.40. The minimum atomic E-state index is -0.690. The highest BCUT2D eigenvalue weighted by atomic mass is 35.5. The van der Waals surface area contributed by atoms with E-state index in [1.165, 1.54) is 11.8 Å². The van der Waals surface area contributed by atoms with Gasteiger partial charge in [-0.1, -0.05) is 29.3 Å². The fourth-order valence-corrected chi connectivity index (χ4v) is 4.91. The van der Waals surface area contributed by atoms with Gasteiger partial charge in [0.15, 0.2) is 0 Å². The molecule has 1 atom stereocenters. The standard InChI is InChI=1S/C17H19Cl2NO3S/c18-12-2-1-11(14(19)7-12)9-24-10-15(21)20-5-3-17(4-6-20)8-13(17)16(22)23/h1-2,7,13H,3-6,8-10H2,(H,22,23). The molecule has 1 N–H and O–H groups in total. The van der Waals surface area contributed by atoms with E-state index in [0.717, 1.165) is 24.8 Å². The molecular weight excluding hydrogens is 369 g/mol. The second-order valence-electron chi connectivity index (χ2n) is 6.57. The number of nitrogens with zero attached hydrogens (tertiary/aromatic N) is 1. The maximum atomic E-state index is 12.3. The number of piperidine rings is 1. The third-order valence-electron chi connectivity index (χ3n) is 5.10. The summed E-state index contributed by atoms with van der Waals surface area (Å²) in [5.41, 5.74) is 0.936. The molecule has 1 saturated carbocycles. The third kappa shape index (κ3) is 3.84. The Balaban J connectivity index is 1.43. The van der Waals surface area contributed by atoms with Crippen molar-refractivity contribution in [2.45, 2.75) is 25.0 Å². The quantitative estimate of drug-likeness (QED) is 0.830. The number of halogens is 2. The Bertz CT molecular complexity index is 659. The molecule has 4 nitrogen and oxygen atoms in total. The van der Waals surface area contributed by atoms with E-state index in [2.05, 4.69) is 0 Å². The first-order valence-corrected chi connectivity index (χ1v) is 9.85. The molecule has 1 amide bonds. The molecule has 2 aliphatic rings. The highest BCUT2D eigenvalue weighted by Crippen LogP contribution is 2.59. The summed E-state index contributed by atoms with van der Waals surface area (Å²) < 4.78 is 0. The lowest BCUT2D eigenvalue weighted by Gasteiger charge is -2.32. The molecule has 1 unspecified atom stereocenters. The molecule has 1 saturated heterocycles. The summed E-state index contributed by atoms with van der Waals surface area (Å²) in [6.45, 7) is 1.34. The summed E-state index contributed by atoms with van der Waals surface area (Å²) in [5, 5.41) is 10.3. The summed E-state index contributed by atoms with van der Waals surface area (Å²) in [7, 11) is 0. The van der Waals surface area contributed by atoms with Crippen LogP contribution in [0.15, 0.2) is 18.2 Å². The van der Waals surface area contributed by atoms with E-state index >= 15 is 0 Å². The molecular formula is C17H19Cl2NO3S. The molecule has 1 aromatic carbocycles. The zero-order valence-electron chi connectivity index (χ0n) is 13.1. The van der Waals surface area contributed by atoms with Gasteiger partial charge in [-0.05, 0) is 42.4 Å². The second kappa shape index (κ2) is 7.14. The van der Waals surface area contributed by atoms with Crippen molar-refractivity contribution in [3.05, 3.63) is 33.8 Å². The molecule has 0 radical (unpaired) electrons. The molecule has 3 rings (SSSR count).